The molecule has 296 valence electrons. The number of phenolic OH excluding ortho intramolecular Hbond substituents is 5. The van der Waals surface area contributed by atoms with Crippen LogP contribution >= 0.6 is 0 Å². The van der Waals surface area contributed by atoms with Crippen molar-refractivity contribution in [3.63, 3.8) is 0 Å². The molecule has 19 heteroatoms. The van der Waals surface area contributed by atoms with Crippen molar-refractivity contribution >= 4 is 18.1 Å². The van der Waals surface area contributed by atoms with E-state index in [1.807, 2.05) is 0 Å². The Morgan fingerprint density at radius 3 is 1.96 bits per heavy atom. The molecule has 0 bridgehead atoms. The Morgan fingerprint density at radius 1 is 0.691 bits per heavy atom. The first-order chi connectivity index (χ1) is 26.1. The number of hydrogen-bond acceptors (Lipinski definition) is 19. The molecule has 0 spiro atoms. The van der Waals surface area contributed by atoms with Crippen molar-refractivity contribution < 1.29 is 94.5 Å². The summed E-state index contributed by atoms with van der Waals surface area (Å²) in [5.74, 6) is -3.69. The van der Waals surface area contributed by atoms with Crippen molar-refractivity contribution in [2.24, 2.45) is 0 Å². The Morgan fingerprint density at radius 2 is 1.31 bits per heavy atom. The van der Waals surface area contributed by atoms with E-state index in [1.165, 1.54) is 42.5 Å². The average Bonchev–Trinajstić information content (AvgIpc) is 3.16. The average molecular weight is 775 g/mol. The summed E-state index contributed by atoms with van der Waals surface area (Å²) in [4.78, 5) is 12.4. The molecule has 3 heterocycles. The highest BCUT2D eigenvalue weighted by atomic mass is 16.7. The lowest BCUT2D eigenvalue weighted by Crippen LogP contribution is -2.60. The van der Waals surface area contributed by atoms with Gasteiger partial charge in [0.2, 0.25) is 12.6 Å². The molecule has 0 amide bonds. The van der Waals surface area contributed by atoms with Crippen LogP contribution in [0.25, 0.3) is 12.2 Å². The number of aliphatic hydroxyl groups excluding tert-OH is 7. The summed E-state index contributed by atoms with van der Waals surface area (Å²) >= 11 is 0. The number of rotatable bonds is 10. The van der Waals surface area contributed by atoms with Crippen molar-refractivity contribution in [1.82, 2.24) is 0 Å². The molecule has 0 aromatic heterocycles. The molecule has 0 aliphatic carbocycles. The Labute approximate surface area is 310 Å². The molecule has 2 fully saturated rings. The number of phenols is 5. The van der Waals surface area contributed by atoms with Crippen LogP contribution in [-0.4, -0.2) is 142 Å². The molecule has 3 aliphatic rings. The molecule has 3 aromatic rings. The quantitative estimate of drug-likeness (QED) is 0.0664. The first-order valence-electron chi connectivity index (χ1n) is 16.6. The summed E-state index contributed by atoms with van der Waals surface area (Å²) in [6.45, 7) is -1.41. The topological polar surface area (TPSA) is 315 Å². The Kier molecular flexibility index (Phi) is 11.6. The highest BCUT2D eigenvalue weighted by Crippen LogP contribution is 2.46. The van der Waals surface area contributed by atoms with Gasteiger partial charge in [-0.05, 0) is 42.0 Å². The van der Waals surface area contributed by atoms with E-state index in [2.05, 4.69) is 0 Å². The second-order valence-corrected chi connectivity index (χ2v) is 12.8. The zero-order chi connectivity index (χ0) is 39.7. The van der Waals surface area contributed by atoms with Gasteiger partial charge in [0.25, 0.3) is 0 Å². The lowest BCUT2D eigenvalue weighted by Gasteiger charge is -2.41. The van der Waals surface area contributed by atoms with Crippen LogP contribution in [-0.2, 0) is 23.7 Å². The molecule has 19 nitrogen and oxygen atoms in total. The van der Waals surface area contributed by atoms with Crippen molar-refractivity contribution in [1.29, 1.82) is 0 Å². The third kappa shape index (κ3) is 8.34. The van der Waals surface area contributed by atoms with Gasteiger partial charge in [0, 0.05) is 23.8 Å². The molecular weight excluding hydrogens is 736 g/mol. The molecule has 11 unspecified atom stereocenters. The molecule has 0 saturated carbocycles. The third-order valence-corrected chi connectivity index (χ3v) is 8.99. The van der Waals surface area contributed by atoms with Crippen molar-refractivity contribution in [3.8, 4) is 40.2 Å². The number of carbonyl (C=O) groups is 1. The van der Waals surface area contributed by atoms with Crippen LogP contribution in [0.4, 0.5) is 0 Å². The molecule has 11 atom stereocenters. The van der Waals surface area contributed by atoms with Gasteiger partial charge in [0.1, 0.15) is 78.4 Å². The fourth-order valence-corrected chi connectivity index (χ4v) is 5.96. The van der Waals surface area contributed by atoms with Crippen LogP contribution in [0.3, 0.4) is 0 Å². The number of benzene rings is 3. The van der Waals surface area contributed by atoms with E-state index in [0.29, 0.717) is 5.56 Å². The minimum Gasteiger partial charge on any atom is -0.508 e. The first kappa shape index (κ1) is 39.3. The van der Waals surface area contributed by atoms with Crippen LogP contribution in [0.15, 0.2) is 60.4 Å². The van der Waals surface area contributed by atoms with E-state index in [4.69, 9.17) is 28.4 Å². The van der Waals surface area contributed by atoms with Gasteiger partial charge in [0.05, 0.1) is 12.2 Å². The zero-order valence-corrected chi connectivity index (χ0v) is 28.3. The van der Waals surface area contributed by atoms with Gasteiger partial charge in [-0.15, -0.1) is 0 Å². The van der Waals surface area contributed by atoms with E-state index in [-0.39, 0.29) is 34.1 Å². The molecule has 55 heavy (non-hydrogen) atoms. The molecule has 3 aromatic carbocycles. The molecule has 2 saturated heterocycles. The number of hydrogen-bond donors (Lipinski definition) is 12. The summed E-state index contributed by atoms with van der Waals surface area (Å²) < 4.78 is 34.3. The Hall–Kier alpha value is -5.35. The van der Waals surface area contributed by atoms with Gasteiger partial charge in [-0.3, -0.25) is 0 Å². The lowest BCUT2D eigenvalue weighted by atomic mass is 9.98. The summed E-state index contributed by atoms with van der Waals surface area (Å²) in [6.07, 6.45) is -15.0. The van der Waals surface area contributed by atoms with Crippen LogP contribution < -0.4 is 9.47 Å². The van der Waals surface area contributed by atoms with Gasteiger partial charge in [-0.25, -0.2) is 4.79 Å². The zero-order valence-electron chi connectivity index (χ0n) is 28.3. The minimum absolute atomic E-state index is 0.00133. The largest absolute Gasteiger partial charge is 0.508 e. The Bertz CT molecular complexity index is 1930. The Balaban J connectivity index is 1.26. The smallest absolute Gasteiger partial charge is 0.330 e. The molecular formula is C36H38O19. The highest BCUT2D eigenvalue weighted by Gasteiger charge is 2.47. The predicted molar refractivity (Wildman–Crippen MR) is 181 cm³/mol. The van der Waals surface area contributed by atoms with Gasteiger partial charge in [-0.1, -0.05) is 12.1 Å². The van der Waals surface area contributed by atoms with Crippen LogP contribution in [0, 0.1) is 0 Å². The number of carbonyl (C=O) groups excluding carboxylic acids is 1. The maximum absolute atomic E-state index is 12.4. The van der Waals surface area contributed by atoms with Crippen molar-refractivity contribution in [3.05, 3.63) is 77.1 Å². The molecule has 6 rings (SSSR count). The van der Waals surface area contributed by atoms with Crippen molar-refractivity contribution in [2.75, 3.05) is 13.2 Å². The third-order valence-electron chi connectivity index (χ3n) is 8.99. The number of fused-ring (bicyclic) bond motifs is 1. The van der Waals surface area contributed by atoms with E-state index in [1.54, 1.807) is 0 Å². The normalized spacial score (nSPS) is 30.5. The predicted octanol–water partition coefficient (Wildman–Crippen LogP) is -1.05. The van der Waals surface area contributed by atoms with Crippen LogP contribution in [0.2, 0.25) is 0 Å². The van der Waals surface area contributed by atoms with Crippen LogP contribution in [0.1, 0.15) is 22.8 Å². The molecule has 0 radical (unpaired) electrons. The summed E-state index contributed by atoms with van der Waals surface area (Å²) in [5, 5.41) is 123. The highest BCUT2D eigenvalue weighted by molar-refractivity contribution is 5.87. The van der Waals surface area contributed by atoms with Crippen LogP contribution in [0.5, 0.6) is 40.2 Å². The number of esters is 1. The number of ether oxygens (including phenoxy) is 6. The van der Waals surface area contributed by atoms with Crippen molar-refractivity contribution in [2.45, 2.75) is 67.5 Å². The summed E-state index contributed by atoms with van der Waals surface area (Å²) in [7, 11) is 0. The van der Waals surface area contributed by atoms with E-state index < -0.39 is 110 Å². The maximum Gasteiger partial charge on any atom is 0.330 e. The summed E-state index contributed by atoms with van der Waals surface area (Å²) in [5.41, 5.74) is 0.510. The van der Waals surface area contributed by atoms with E-state index >= 15 is 0 Å². The SMILES string of the molecule is O=C(C=Cc1ccc(O)c(O)c1)OCC1OC(Oc2cc(O)cc3c2C=C(OC2OC(CO)C(O)C(O)C2O)C(c2ccc(O)c(O)c2)O3)C(O)C(O)C1O. The van der Waals surface area contributed by atoms with Gasteiger partial charge in [-0.2, -0.15) is 0 Å². The molecule has 12 N–H and O–H groups in total. The van der Waals surface area contributed by atoms with Gasteiger partial charge in [0.15, 0.2) is 29.1 Å². The second kappa shape index (κ2) is 16.2. The summed E-state index contributed by atoms with van der Waals surface area (Å²) in [6, 6.07) is 9.70. The second-order valence-electron chi connectivity index (χ2n) is 12.8. The van der Waals surface area contributed by atoms with Gasteiger partial charge >= 0.3 is 5.97 Å². The van der Waals surface area contributed by atoms with Gasteiger partial charge < -0.3 is 89.7 Å². The van der Waals surface area contributed by atoms with E-state index in [0.717, 1.165) is 24.3 Å². The number of aromatic hydroxyl groups is 5. The monoisotopic (exact) mass is 774 g/mol. The minimum atomic E-state index is -1.91. The lowest BCUT2D eigenvalue weighted by molar-refractivity contribution is -0.293. The standard InChI is InChI=1S/C36H38O19/c37-12-25-28(44)30(46)32(48)36(54-25)53-24-11-17-22(51-34(24)15-3-5-19(40)21(42)8-15)9-16(38)10-23(17)52-35-33(49)31(47)29(45)26(55-35)13-50-27(43)6-2-14-1-4-18(39)20(41)7-14/h1-11,25-26,28-42,44-49H,12-13H2. The fourth-order valence-electron chi connectivity index (χ4n) is 5.96. The number of aliphatic hydroxyl groups is 7. The molecule has 3 aliphatic heterocycles. The van der Waals surface area contributed by atoms with E-state index in [9.17, 15) is 66.1 Å². The fraction of sp³-hybridized carbons (Fsp3) is 0.361. The first-order valence-corrected chi connectivity index (χ1v) is 16.6. The maximum atomic E-state index is 12.4.